The van der Waals surface area contributed by atoms with E-state index in [1.807, 2.05) is 44.6 Å². The molecule has 1 unspecified atom stereocenters. The molecule has 0 bridgehead atoms. The van der Waals surface area contributed by atoms with E-state index in [1.165, 1.54) is 0 Å². The number of hydrogen-bond acceptors (Lipinski definition) is 5. The number of aryl methyl sites for hydroxylation is 3. The summed E-state index contributed by atoms with van der Waals surface area (Å²) in [6.45, 7) is 9.47. The van der Waals surface area contributed by atoms with Crippen molar-refractivity contribution in [2.45, 2.75) is 33.2 Å². The van der Waals surface area contributed by atoms with Crippen LogP contribution in [0, 0.1) is 20.8 Å². The molecule has 1 aliphatic heterocycles. The second-order valence-corrected chi connectivity index (χ2v) is 6.87. The molecule has 1 atom stereocenters. The number of nitrogens with one attached hydrogen (secondary N) is 1. The highest BCUT2D eigenvalue weighted by atomic mass is 16.5. The molecule has 2 aromatic rings. The quantitative estimate of drug-likeness (QED) is 0.848. The Kier molecular flexibility index (Phi) is 5.78. The van der Waals surface area contributed by atoms with E-state index in [0.717, 1.165) is 41.6 Å². The molecular weight excluding hydrogens is 332 g/mol. The van der Waals surface area contributed by atoms with Gasteiger partial charge in [0.05, 0.1) is 31.4 Å². The Balaban J connectivity index is 1.66. The Labute approximate surface area is 154 Å². The summed E-state index contributed by atoms with van der Waals surface area (Å²) in [4.78, 5) is 14.8. The van der Waals surface area contributed by atoms with Crippen LogP contribution in [0.1, 0.15) is 34.5 Å². The van der Waals surface area contributed by atoms with E-state index in [1.54, 1.807) is 0 Å². The maximum Gasteiger partial charge on any atom is 0.224 e. The predicted molar refractivity (Wildman–Crippen MR) is 98.0 cm³/mol. The molecule has 26 heavy (non-hydrogen) atoms. The Morgan fingerprint density at radius 1 is 1.27 bits per heavy atom. The summed E-state index contributed by atoms with van der Waals surface area (Å²) in [5.74, 6) is 1.77. The molecule has 1 amide bonds. The van der Waals surface area contributed by atoms with Gasteiger partial charge in [0.25, 0.3) is 0 Å². The number of rotatable bonds is 6. The van der Waals surface area contributed by atoms with E-state index in [4.69, 9.17) is 9.15 Å². The molecule has 142 valence electrons. The van der Waals surface area contributed by atoms with Gasteiger partial charge in [0, 0.05) is 37.9 Å². The van der Waals surface area contributed by atoms with Gasteiger partial charge in [-0.15, -0.1) is 0 Å². The predicted octanol–water partition coefficient (Wildman–Crippen LogP) is 1.67. The fraction of sp³-hybridized carbons (Fsp3) is 0.579. The van der Waals surface area contributed by atoms with Crippen LogP contribution in [0.3, 0.4) is 0 Å². The average Bonchev–Trinajstić information content (AvgIpc) is 3.15. The van der Waals surface area contributed by atoms with Gasteiger partial charge in [-0.2, -0.15) is 5.10 Å². The molecule has 0 aliphatic carbocycles. The summed E-state index contributed by atoms with van der Waals surface area (Å²) in [7, 11) is 1.90. The monoisotopic (exact) mass is 360 g/mol. The van der Waals surface area contributed by atoms with E-state index in [2.05, 4.69) is 15.3 Å². The van der Waals surface area contributed by atoms with Gasteiger partial charge in [0.2, 0.25) is 5.91 Å². The lowest BCUT2D eigenvalue weighted by molar-refractivity contribution is -0.120. The minimum atomic E-state index is 0.00531. The normalized spacial score (nSPS) is 16.6. The summed E-state index contributed by atoms with van der Waals surface area (Å²) < 4.78 is 13.1. The molecular formula is C19H28N4O3. The van der Waals surface area contributed by atoms with Crippen LogP contribution >= 0.6 is 0 Å². The lowest BCUT2D eigenvalue weighted by Crippen LogP contribution is -2.44. The number of aromatic nitrogens is 2. The first-order chi connectivity index (χ1) is 12.5. The minimum absolute atomic E-state index is 0.00531. The van der Waals surface area contributed by atoms with Crippen molar-refractivity contribution in [3.05, 3.63) is 40.6 Å². The second kappa shape index (κ2) is 8.05. The van der Waals surface area contributed by atoms with E-state index in [9.17, 15) is 4.79 Å². The maximum atomic E-state index is 12.5. The molecule has 2 aromatic heterocycles. The Morgan fingerprint density at radius 3 is 2.58 bits per heavy atom. The Morgan fingerprint density at radius 2 is 2.00 bits per heavy atom. The van der Waals surface area contributed by atoms with Gasteiger partial charge in [-0.25, -0.2) is 0 Å². The fourth-order valence-corrected chi connectivity index (χ4v) is 3.44. The van der Waals surface area contributed by atoms with Crippen LogP contribution in [0.25, 0.3) is 0 Å². The zero-order valence-corrected chi connectivity index (χ0v) is 16.0. The highest BCUT2D eigenvalue weighted by Gasteiger charge is 2.26. The maximum absolute atomic E-state index is 12.5. The van der Waals surface area contributed by atoms with Crippen LogP contribution in [0.5, 0.6) is 0 Å². The number of hydrogen-bond donors (Lipinski definition) is 1. The van der Waals surface area contributed by atoms with Crippen molar-refractivity contribution >= 4 is 5.91 Å². The summed E-state index contributed by atoms with van der Waals surface area (Å²) in [5.41, 5.74) is 2.94. The first-order valence-corrected chi connectivity index (χ1v) is 9.09. The number of ether oxygens (including phenoxy) is 1. The van der Waals surface area contributed by atoms with Crippen LogP contribution in [0.2, 0.25) is 0 Å². The third kappa shape index (κ3) is 4.16. The molecule has 0 saturated carbocycles. The molecule has 1 aliphatic rings. The molecule has 1 N–H and O–H groups in total. The van der Waals surface area contributed by atoms with Gasteiger partial charge in [-0.1, -0.05) is 0 Å². The number of furan rings is 1. The van der Waals surface area contributed by atoms with E-state index >= 15 is 0 Å². The van der Waals surface area contributed by atoms with Gasteiger partial charge in [0.15, 0.2) is 0 Å². The smallest absolute Gasteiger partial charge is 0.224 e. The first-order valence-electron chi connectivity index (χ1n) is 9.09. The SMILES string of the molecule is Cc1ccc(C(CNC(=O)Cc2c(C)nn(C)c2C)N2CCOCC2)o1. The zero-order valence-electron chi connectivity index (χ0n) is 16.0. The summed E-state index contributed by atoms with van der Waals surface area (Å²) >= 11 is 0. The van der Waals surface area contributed by atoms with E-state index < -0.39 is 0 Å². The Bertz CT molecular complexity index is 759. The van der Waals surface area contributed by atoms with Gasteiger partial charge in [-0.3, -0.25) is 14.4 Å². The van der Waals surface area contributed by atoms with Crippen molar-refractivity contribution in [2.24, 2.45) is 7.05 Å². The van der Waals surface area contributed by atoms with E-state index in [0.29, 0.717) is 26.2 Å². The fourth-order valence-electron chi connectivity index (χ4n) is 3.44. The number of carbonyl (C=O) groups is 1. The van der Waals surface area contributed by atoms with E-state index in [-0.39, 0.29) is 11.9 Å². The molecule has 0 aromatic carbocycles. The summed E-state index contributed by atoms with van der Waals surface area (Å²) in [6, 6.07) is 3.98. The van der Waals surface area contributed by atoms with Crippen LogP contribution in [-0.2, 0) is 23.0 Å². The van der Waals surface area contributed by atoms with Gasteiger partial charge in [-0.05, 0) is 32.9 Å². The average molecular weight is 360 g/mol. The lowest BCUT2D eigenvalue weighted by atomic mass is 10.1. The summed E-state index contributed by atoms with van der Waals surface area (Å²) in [5, 5.41) is 7.46. The van der Waals surface area contributed by atoms with Crippen molar-refractivity contribution in [1.82, 2.24) is 20.0 Å². The molecule has 0 spiro atoms. The molecule has 0 radical (unpaired) electrons. The molecule has 3 heterocycles. The van der Waals surface area contributed by atoms with Gasteiger partial charge < -0.3 is 14.5 Å². The third-order valence-electron chi connectivity index (χ3n) is 5.06. The largest absolute Gasteiger partial charge is 0.465 e. The third-order valence-corrected chi connectivity index (χ3v) is 5.06. The summed E-state index contributed by atoms with van der Waals surface area (Å²) in [6.07, 6.45) is 0.346. The minimum Gasteiger partial charge on any atom is -0.465 e. The van der Waals surface area contributed by atoms with Crippen LogP contribution in [-0.4, -0.2) is 53.4 Å². The van der Waals surface area contributed by atoms with Crippen molar-refractivity contribution in [3.63, 3.8) is 0 Å². The zero-order chi connectivity index (χ0) is 18.7. The van der Waals surface area contributed by atoms with Crippen LogP contribution < -0.4 is 5.32 Å². The molecule has 7 nitrogen and oxygen atoms in total. The Hall–Kier alpha value is -2.12. The number of nitrogens with zero attached hydrogens (tertiary/aromatic N) is 3. The van der Waals surface area contributed by atoms with Gasteiger partial charge in [0.1, 0.15) is 11.5 Å². The molecule has 7 heteroatoms. The molecule has 1 fully saturated rings. The number of amides is 1. The molecule has 3 rings (SSSR count). The first kappa shape index (κ1) is 18.7. The van der Waals surface area contributed by atoms with Crippen molar-refractivity contribution in [1.29, 1.82) is 0 Å². The van der Waals surface area contributed by atoms with Crippen LogP contribution in [0.15, 0.2) is 16.5 Å². The van der Waals surface area contributed by atoms with Crippen molar-refractivity contribution < 1.29 is 13.9 Å². The highest BCUT2D eigenvalue weighted by Crippen LogP contribution is 2.23. The standard InChI is InChI=1S/C19H28N4O3/c1-13-5-6-18(26-13)17(23-7-9-25-10-8-23)12-20-19(24)11-16-14(2)21-22(4)15(16)3/h5-6,17H,7-12H2,1-4H3,(H,20,24). The van der Waals surface area contributed by atoms with Gasteiger partial charge >= 0.3 is 0 Å². The number of carbonyl (C=O) groups excluding carboxylic acids is 1. The number of morpholine rings is 1. The van der Waals surface area contributed by atoms with Crippen molar-refractivity contribution in [2.75, 3.05) is 32.8 Å². The van der Waals surface area contributed by atoms with Crippen LogP contribution in [0.4, 0.5) is 0 Å². The lowest BCUT2D eigenvalue weighted by Gasteiger charge is -2.33. The molecule has 1 saturated heterocycles. The topological polar surface area (TPSA) is 72.5 Å². The highest BCUT2D eigenvalue weighted by molar-refractivity contribution is 5.79. The van der Waals surface area contributed by atoms with Crippen molar-refractivity contribution in [3.8, 4) is 0 Å². The second-order valence-electron chi connectivity index (χ2n) is 6.87.